The van der Waals surface area contributed by atoms with E-state index in [0.29, 0.717) is 11.0 Å². The maximum absolute atomic E-state index is 15.7. The van der Waals surface area contributed by atoms with E-state index in [-0.39, 0.29) is 17.7 Å². The molecule has 170 valence electrons. The Balaban J connectivity index is 1.70. The van der Waals surface area contributed by atoms with Crippen molar-refractivity contribution in [3.05, 3.63) is 59.2 Å². The van der Waals surface area contributed by atoms with Gasteiger partial charge < -0.3 is 14.0 Å². The highest BCUT2D eigenvalue weighted by molar-refractivity contribution is 6.62. The number of nitrogens with one attached hydrogen (secondary N) is 1. The molecule has 1 amide bonds. The predicted octanol–water partition coefficient (Wildman–Crippen LogP) is 4.96. The van der Waals surface area contributed by atoms with Crippen LogP contribution in [0, 0.1) is 11.6 Å². The molecule has 0 spiro atoms. The predicted molar refractivity (Wildman–Crippen MR) is 119 cm³/mol. The van der Waals surface area contributed by atoms with Crippen LogP contribution in [0.3, 0.4) is 0 Å². The number of benzene rings is 2. The van der Waals surface area contributed by atoms with Crippen LogP contribution in [0.5, 0.6) is 0 Å². The third kappa shape index (κ3) is 4.39. The second-order valence-corrected chi connectivity index (χ2v) is 9.82. The van der Waals surface area contributed by atoms with E-state index in [9.17, 15) is 9.18 Å². The summed E-state index contributed by atoms with van der Waals surface area (Å²) >= 11 is 0. The molecule has 2 aliphatic rings. The van der Waals surface area contributed by atoms with E-state index in [4.69, 9.17) is 14.0 Å². The molecule has 8 heteroatoms. The van der Waals surface area contributed by atoms with Crippen LogP contribution in [-0.2, 0) is 20.5 Å². The highest BCUT2D eigenvalue weighted by Crippen LogP contribution is 2.39. The molecule has 1 saturated carbocycles. The van der Waals surface area contributed by atoms with Gasteiger partial charge in [0.2, 0.25) is 0 Å². The van der Waals surface area contributed by atoms with Crippen LogP contribution in [0.25, 0.3) is 0 Å². The maximum Gasteiger partial charge on any atom is 0.495 e. The fourth-order valence-corrected chi connectivity index (χ4v) is 3.57. The lowest BCUT2D eigenvalue weighted by molar-refractivity contribution is 0.00578. The van der Waals surface area contributed by atoms with Crippen molar-refractivity contribution in [3.63, 3.8) is 0 Å². The van der Waals surface area contributed by atoms with Crippen LogP contribution in [0.4, 0.5) is 19.3 Å². The Morgan fingerprint density at radius 2 is 1.66 bits per heavy atom. The number of halogens is 2. The van der Waals surface area contributed by atoms with Crippen LogP contribution >= 0.6 is 0 Å². The SMILES string of the molecule is CC1(OC(=O)Nc2ccc(B3OC(C)(C)C(C)(C)O3)c(Cc3ccccc3F)c2F)CC1. The van der Waals surface area contributed by atoms with Gasteiger partial charge in [-0.05, 0) is 76.2 Å². The maximum atomic E-state index is 15.7. The van der Waals surface area contributed by atoms with Crippen molar-refractivity contribution in [2.45, 2.75) is 70.7 Å². The minimum absolute atomic E-state index is 0.0276. The van der Waals surface area contributed by atoms with E-state index in [1.54, 1.807) is 24.3 Å². The van der Waals surface area contributed by atoms with Gasteiger partial charge in [0.1, 0.15) is 17.2 Å². The Labute approximate surface area is 187 Å². The summed E-state index contributed by atoms with van der Waals surface area (Å²) in [5.41, 5.74) is -0.783. The van der Waals surface area contributed by atoms with Crippen molar-refractivity contribution < 1.29 is 27.6 Å². The minimum Gasteiger partial charge on any atom is -0.443 e. The molecule has 0 atom stereocenters. The Kier molecular flexibility index (Phi) is 5.58. The smallest absolute Gasteiger partial charge is 0.443 e. The lowest BCUT2D eigenvalue weighted by Crippen LogP contribution is -2.41. The molecule has 0 bridgehead atoms. The fraction of sp³-hybridized carbons (Fsp3) is 0.458. The van der Waals surface area contributed by atoms with E-state index in [1.165, 1.54) is 12.1 Å². The Bertz CT molecular complexity index is 1040. The summed E-state index contributed by atoms with van der Waals surface area (Å²) in [6.07, 6.45) is 0.814. The first-order valence-electron chi connectivity index (χ1n) is 10.8. The number of hydrogen-bond donors (Lipinski definition) is 1. The van der Waals surface area contributed by atoms with Crippen molar-refractivity contribution >= 4 is 24.4 Å². The zero-order valence-electron chi connectivity index (χ0n) is 19.1. The molecular weight excluding hydrogens is 415 g/mol. The first-order valence-corrected chi connectivity index (χ1v) is 10.8. The highest BCUT2D eigenvalue weighted by atomic mass is 19.1. The molecule has 4 rings (SSSR count). The number of hydrogen-bond acceptors (Lipinski definition) is 4. The van der Waals surface area contributed by atoms with Crippen molar-refractivity contribution in [1.82, 2.24) is 0 Å². The number of rotatable bonds is 5. The van der Waals surface area contributed by atoms with E-state index in [1.807, 2.05) is 34.6 Å². The Morgan fingerprint density at radius 1 is 1.03 bits per heavy atom. The molecule has 1 heterocycles. The monoisotopic (exact) mass is 443 g/mol. The van der Waals surface area contributed by atoms with Crippen LogP contribution in [-0.4, -0.2) is 30.0 Å². The standard InChI is InChI=1S/C24H28BF2NO4/c1-22(2)23(3,4)32-25(31-22)17-10-11-19(28-21(29)30-24(5)12-13-24)20(27)16(17)14-15-8-6-7-9-18(15)26/h6-11H,12-14H2,1-5H3,(H,28,29). The molecule has 2 fully saturated rings. The van der Waals surface area contributed by atoms with Crippen molar-refractivity contribution in [2.75, 3.05) is 5.32 Å². The molecule has 32 heavy (non-hydrogen) atoms. The van der Waals surface area contributed by atoms with Gasteiger partial charge in [-0.3, -0.25) is 5.32 Å². The first kappa shape index (κ1) is 22.7. The number of amides is 1. The largest absolute Gasteiger partial charge is 0.495 e. The zero-order valence-corrected chi connectivity index (χ0v) is 19.1. The molecule has 1 aliphatic carbocycles. The van der Waals surface area contributed by atoms with E-state index in [2.05, 4.69) is 5.32 Å². The lowest BCUT2D eigenvalue weighted by Gasteiger charge is -2.32. The molecule has 2 aromatic carbocycles. The van der Waals surface area contributed by atoms with Gasteiger partial charge in [0.15, 0.2) is 0 Å². The number of anilines is 1. The molecule has 1 aliphatic heterocycles. The zero-order chi connectivity index (χ0) is 23.3. The van der Waals surface area contributed by atoms with Gasteiger partial charge in [-0.2, -0.15) is 0 Å². The topological polar surface area (TPSA) is 56.8 Å². The summed E-state index contributed by atoms with van der Waals surface area (Å²) in [6.45, 7) is 9.46. The van der Waals surface area contributed by atoms with Crippen LogP contribution < -0.4 is 10.8 Å². The van der Waals surface area contributed by atoms with Gasteiger partial charge >= 0.3 is 13.2 Å². The minimum atomic E-state index is -0.831. The van der Waals surface area contributed by atoms with Crippen LogP contribution in [0.2, 0.25) is 0 Å². The summed E-state index contributed by atoms with van der Waals surface area (Å²) in [4.78, 5) is 12.2. The van der Waals surface area contributed by atoms with Gasteiger partial charge in [0.05, 0.1) is 16.9 Å². The summed E-state index contributed by atoms with van der Waals surface area (Å²) in [6, 6.07) is 9.31. The Hall–Kier alpha value is -2.45. The molecule has 0 unspecified atom stereocenters. The average molecular weight is 443 g/mol. The molecule has 0 aromatic heterocycles. The van der Waals surface area contributed by atoms with Gasteiger partial charge in [-0.25, -0.2) is 13.6 Å². The van der Waals surface area contributed by atoms with Gasteiger partial charge in [-0.15, -0.1) is 0 Å². The highest BCUT2D eigenvalue weighted by Gasteiger charge is 2.52. The molecule has 5 nitrogen and oxygen atoms in total. The quantitative estimate of drug-likeness (QED) is 0.665. The molecule has 1 N–H and O–H groups in total. The second kappa shape index (κ2) is 7.85. The van der Waals surface area contributed by atoms with E-state index in [0.717, 1.165) is 12.8 Å². The van der Waals surface area contributed by atoms with Gasteiger partial charge in [0, 0.05) is 6.42 Å². The van der Waals surface area contributed by atoms with Gasteiger partial charge in [-0.1, -0.05) is 24.3 Å². The molecule has 2 aromatic rings. The van der Waals surface area contributed by atoms with Gasteiger partial charge in [0.25, 0.3) is 0 Å². The number of ether oxygens (including phenoxy) is 1. The number of carbonyl (C=O) groups excluding carboxylic acids is 1. The second-order valence-electron chi connectivity index (χ2n) is 9.82. The molecule has 0 radical (unpaired) electrons. The number of carbonyl (C=O) groups is 1. The summed E-state index contributed by atoms with van der Waals surface area (Å²) in [7, 11) is -0.831. The fourth-order valence-electron chi connectivity index (χ4n) is 3.57. The van der Waals surface area contributed by atoms with E-state index >= 15 is 4.39 Å². The first-order chi connectivity index (χ1) is 14.9. The summed E-state index contributed by atoms with van der Waals surface area (Å²) < 4.78 is 47.7. The van der Waals surface area contributed by atoms with Crippen LogP contribution in [0.15, 0.2) is 36.4 Å². The third-order valence-electron chi connectivity index (χ3n) is 6.64. The van der Waals surface area contributed by atoms with Crippen molar-refractivity contribution in [1.29, 1.82) is 0 Å². The Morgan fingerprint density at radius 3 is 2.25 bits per heavy atom. The molecular formula is C24H28BF2NO4. The average Bonchev–Trinajstić information content (AvgIpc) is 3.36. The van der Waals surface area contributed by atoms with Crippen molar-refractivity contribution in [2.24, 2.45) is 0 Å². The van der Waals surface area contributed by atoms with Crippen LogP contribution in [0.1, 0.15) is 58.6 Å². The van der Waals surface area contributed by atoms with E-state index < -0.39 is 41.6 Å². The lowest BCUT2D eigenvalue weighted by atomic mass is 9.74. The van der Waals surface area contributed by atoms with Crippen molar-refractivity contribution in [3.8, 4) is 0 Å². The normalized spacial score (nSPS) is 20.2. The summed E-state index contributed by atoms with van der Waals surface area (Å²) in [5, 5.41) is 2.49. The molecule has 1 saturated heterocycles. The third-order valence-corrected chi connectivity index (χ3v) is 6.64. The summed E-state index contributed by atoms with van der Waals surface area (Å²) in [5.74, 6) is -1.11.